The summed E-state index contributed by atoms with van der Waals surface area (Å²) in [5.74, 6) is 1.31. The zero-order valence-corrected chi connectivity index (χ0v) is 17.9. The zero-order valence-electron chi connectivity index (χ0n) is 16.3. The Morgan fingerprint density at radius 1 is 1.07 bits per heavy atom. The largest absolute Gasteiger partial charge is 0.497 e. The van der Waals surface area contributed by atoms with Crippen molar-refractivity contribution >= 4 is 27.4 Å². The van der Waals surface area contributed by atoms with Gasteiger partial charge in [-0.25, -0.2) is 5.01 Å². The molecule has 0 aromatic heterocycles. The predicted octanol–water partition coefficient (Wildman–Crippen LogP) is 5.21. The topological polar surface area (TPSA) is 51.1 Å². The van der Waals surface area contributed by atoms with Gasteiger partial charge in [0.25, 0.3) is 6.23 Å². The van der Waals surface area contributed by atoms with Crippen molar-refractivity contribution in [2.45, 2.75) is 18.7 Å². The van der Waals surface area contributed by atoms with E-state index in [0.29, 0.717) is 17.7 Å². The Balaban J connectivity index is 1.53. The fourth-order valence-electron chi connectivity index (χ4n) is 3.92. The maximum atomic E-state index is 13.4. The first kappa shape index (κ1) is 18.9. The molecule has 0 N–H and O–H groups in total. The number of hydrogen-bond acceptors (Lipinski definition) is 5. The quantitative estimate of drug-likeness (QED) is 0.499. The summed E-state index contributed by atoms with van der Waals surface area (Å²) in [5, 5.41) is 6.65. The number of carbonyl (C=O) groups excluding carboxylic acids is 1. The number of benzene rings is 3. The van der Waals surface area contributed by atoms with Crippen molar-refractivity contribution < 1.29 is 14.3 Å². The smallest absolute Gasteiger partial charge is 0.251 e. The minimum Gasteiger partial charge on any atom is -0.497 e. The summed E-state index contributed by atoms with van der Waals surface area (Å²) in [4.78, 5) is 13.4. The van der Waals surface area contributed by atoms with E-state index in [2.05, 4.69) is 15.9 Å². The molecule has 0 bridgehead atoms. The van der Waals surface area contributed by atoms with Gasteiger partial charge in [0.1, 0.15) is 11.5 Å². The highest BCUT2D eigenvalue weighted by molar-refractivity contribution is 9.10. The molecular formula is C24H19BrN2O3. The van der Waals surface area contributed by atoms with Gasteiger partial charge in [0, 0.05) is 22.0 Å². The predicted molar refractivity (Wildman–Crippen MR) is 118 cm³/mol. The summed E-state index contributed by atoms with van der Waals surface area (Å²) in [6.07, 6.45) is -0.0970. The van der Waals surface area contributed by atoms with E-state index in [1.54, 1.807) is 31.4 Å². The molecule has 2 aliphatic heterocycles. The molecule has 2 aliphatic rings. The van der Waals surface area contributed by atoms with Crippen LogP contribution in [-0.4, -0.2) is 29.8 Å². The second-order valence-corrected chi connectivity index (χ2v) is 8.17. The molecule has 0 amide bonds. The summed E-state index contributed by atoms with van der Waals surface area (Å²) in [6, 6.07) is 23.0. The second kappa shape index (κ2) is 7.61. The van der Waals surface area contributed by atoms with Crippen molar-refractivity contribution in [3.8, 4) is 11.5 Å². The van der Waals surface area contributed by atoms with Gasteiger partial charge in [0.15, 0.2) is 0 Å². The number of ketones is 1. The van der Waals surface area contributed by atoms with Crippen molar-refractivity contribution in [3.63, 3.8) is 0 Å². The van der Waals surface area contributed by atoms with Crippen molar-refractivity contribution in [2.24, 2.45) is 5.10 Å². The number of carbonyl (C=O) groups is 1. The molecule has 0 saturated heterocycles. The highest BCUT2D eigenvalue weighted by Crippen LogP contribution is 2.43. The number of ether oxygens (including phenoxy) is 2. The maximum Gasteiger partial charge on any atom is 0.251 e. The fourth-order valence-corrected chi connectivity index (χ4v) is 4.19. The van der Waals surface area contributed by atoms with Gasteiger partial charge in [0.05, 0.1) is 18.9 Å². The molecule has 30 heavy (non-hydrogen) atoms. The van der Waals surface area contributed by atoms with E-state index in [1.807, 2.05) is 53.5 Å². The Morgan fingerprint density at radius 2 is 1.80 bits per heavy atom. The van der Waals surface area contributed by atoms with Crippen LogP contribution in [-0.2, 0) is 0 Å². The van der Waals surface area contributed by atoms with E-state index in [1.165, 1.54) is 0 Å². The summed E-state index contributed by atoms with van der Waals surface area (Å²) < 4.78 is 12.4. The summed E-state index contributed by atoms with van der Waals surface area (Å²) in [7, 11) is 1.60. The molecule has 0 radical (unpaired) electrons. The van der Waals surface area contributed by atoms with Gasteiger partial charge in [-0.3, -0.25) is 4.79 Å². The van der Waals surface area contributed by atoms with E-state index in [4.69, 9.17) is 14.6 Å². The van der Waals surface area contributed by atoms with E-state index in [0.717, 1.165) is 27.1 Å². The molecule has 0 unspecified atom stereocenters. The SMILES string of the molecule is COc1ccc(C(=O)[C@@H]2Oc3ccccc3[C@H]3CC(c4ccc(Br)cc4)=NN32)cc1. The Kier molecular flexibility index (Phi) is 4.79. The molecule has 5 nitrogen and oxygen atoms in total. The van der Waals surface area contributed by atoms with Crippen LogP contribution < -0.4 is 9.47 Å². The van der Waals surface area contributed by atoms with Gasteiger partial charge in [-0.1, -0.05) is 46.3 Å². The average Bonchev–Trinajstić information content (AvgIpc) is 3.24. The van der Waals surface area contributed by atoms with Crippen LogP contribution in [0.4, 0.5) is 0 Å². The van der Waals surface area contributed by atoms with Crippen molar-refractivity contribution in [3.05, 3.63) is 94.0 Å². The minimum absolute atomic E-state index is 0.0409. The molecule has 3 aromatic rings. The first-order chi connectivity index (χ1) is 14.6. The standard InChI is InChI=1S/C24H19BrN2O3/c1-29-18-12-8-16(9-13-18)23(28)24-27-21(19-4-2-3-5-22(19)30-24)14-20(26-27)15-6-10-17(25)11-7-15/h2-13,21,24H,14H2,1H3/t21-,24+/m1/s1. The van der Waals surface area contributed by atoms with Crippen LogP contribution in [0, 0.1) is 0 Å². The molecule has 2 atom stereocenters. The third-order valence-corrected chi connectivity index (χ3v) is 6.00. The molecule has 0 fully saturated rings. The number of rotatable bonds is 4. The Morgan fingerprint density at radius 3 is 2.53 bits per heavy atom. The molecule has 0 saturated carbocycles. The number of fused-ring (bicyclic) bond motifs is 3. The number of para-hydroxylation sites is 1. The first-order valence-electron chi connectivity index (χ1n) is 9.69. The molecule has 2 heterocycles. The maximum absolute atomic E-state index is 13.4. The van der Waals surface area contributed by atoms with Crippen LogP contribution in [0.1, 0.15) is 33.9 Å². The van der Waals surface area contributed by atoms with Gasteiger partial charge in [-0.05, 0) is 48.0 Å². The van der Waals surface area contributed by atoms with Gasteiger partial charge in [-0.15, -0.1) is 0 Å². The Bertz CT molecular complexity index is 1130. The van der Waals surface area contributed by atoms with Crippen LogP contribution >= 0.6 is 15.9 Å². The van der Waals surface area contributed by atoms with Crippen molar-refractivity contribution in [2.75, 3.05) is 7.11 Å². The molecule has 3 aromatic carbocycles. The molecule has 150 valence electrons. The highest BCUT2D eigenvalue weighted by Gasteiger charge is 2.43. The van der Waals surface area contributed by atoms with E-state index in [9.17, 15) is 4.79 Å². The lowest BCUT2D eigenvalue weighted by Gasteiger charge is -2.37. The third kappa shape index (κ3) is 3.27. The lowest BCUT2D eigenvalue weighted by molar-refractivity contribution is -0.00455. The van der Waals surface area contributed by atoms with Crippen molar-refractivity contribution in [1.29, 1.82) is 0 Å². The summed E-state index contributed by atoms with van der Waals surface area (Å²) >= 11 is 3.48. The van der Waals surface area contributed by atoms with Gasteiger partial charge >= 0.3 is 0 Å². The molecule has 0 spiro atoms. The van der Waals surface area contributed by atoms with Crippen LogP contribution in [0.5, 0.6) is 11.5 Å². The molecule has 5 rings (SSSR count). The van der Waals surface area contributed by atoms with Crippen LogP contribution in [0.15, 0.2) is 82.4 Å². The normalized spacial score (nSPS) is 19.4. The number of Topliss-reactive ketones (excluding diaryl/α,β-unsaturated/α-hetero) is 1. The van der Waals surface area contributed by atoms with Crippen LogP contribution in [0.2, 0.25) is 0 Å². The second-order valence-electron chi connectivity index (χ2n) is 7.25. The fraction of sp³-hybridized carbons (Fsp3) is 0.167. The highest BCUT2D eigenvalue weighted by atomic mass is 79.9. The first-order valence-corrected chi connectivity index (χ1v) is 10.5. The Hall–Kier alpha value is -3.12. The lowest BCUT2D eigenvalue weighted by Crippen LogP contribution is -2.45. The number of nitrogens with zero attached hydrogens (tertiary/aromatic N) is 2. The summed E-state index contributed by atoms with van der Waals surface area (Å²) in [6.45, 7) is 0. The minimum atomic E-state index is -0.814. The number of methoxy groups -OCH3 is 1. The number of hydrogen-bond donors (Lipinski definition) is 0. The van der Waals surface area contributed by atoms with Crippen LogP contribution in [0.25, 0.3) is 0 Å². The lowest BCUT2D eigenvalue weighted by atomic mass is 9.96. The van der Waals surface area contributed by atoms with Gasteiger partial charge in [0.2, 0.25) is 5.78 Å². The number of halogens is 1. The van der Waals surface area contributed by atoms with Gasteiger partial charge < -0.3 is 9.47 Å². The average molecular weight is 463 g/mol. The van der Waals surface area contributed by atoms with E-state index < -0.39 is 6.23 Å². The van der Waals surface area contributed by atoms with Crippen LogP contribution in [0.3, 0.4) is 0 Å². The Labute approximate surface area is 183 Å². The molecule has 0 aliphatic carbocycles. The van der Waals surface area contributed by atoms with E-state index >= 15 is 0 Å². The van der Waals surface area contributed by atoms with Gasteiger partial charge in [-0.2, -0.15) is 5.10 Å². The van der Waals surface area contributed by atoms with Crippen molar-refractivity contribution in [1.82, 2.24) is 5.01 Å². The summed E-state index contributed by atoms with van der Waals surface area (Å²) in [5.41, 5.74) is 3.60. The molecular weight excluding hydrogens is 444 g/mol. The molecule has 6 heteroatoms. The van der Waals surface area contributed by atoms with E-state index in [-0.39, 0.29) is 11.8 Å². The zero-order chi connectivity index (χ0) is 20.7. The number of hydrazone groups is 1. The third-order valence-electron chi connectivity index (χ3n) is 5.48. The monoisotopic (exact) mass is 462 g/mol.